The van der Waals surface area contributed by atoms with E-state index in [0.29, 0.717) is 0 Å². The van der Waals surface area contributed by atoms with E-state index in [-0.39, 0.29) is 147 Å². The van der Waals surface area contributed by atoms with Gasteiger partial charge < -0.3 is 0 Å². The Labute approximate surface area is 190 Å². The summed E-state index contributed by atoms with van der Waals surface area (Å²) in [5.74, 6) is 0. The molecule has 0 saturated carbocycles. The predicted molar refractivity (Wildman–Crippen MR) is 34.4 cm³/mol. The predicted octanol–water partition coefficient (Wildman–Crippen LogP) is 2.96. The molecule has 14 heavy (non-hydrogen) atoms. The Balaban J connectivity index is -0.00000000857. The fourth-order valence-electron chi connectivity index (χ4n) is 0.677. The fourth-order valence-corrected chi connectivity index (χ4v) is 0.677. The summed E-state index contributed by atoms with van der Waals surface area (Å²) >= 11 is 0. The van der Waals surface area contributed by atoms with Crippen LogP contribution in [0.4, 0.5) is 0 Å². The Hall–Kier alpha value is 4.82. The molecule has 0 aromatic rings. The van der Waals surface area contributed by atoms with Crippen LogP contribution in [0.1, 0.15) is 46.0 Å². The van der Waals surface area contributed by atoms with Crippen LogP contribution in [0.25, 0.3) is 0 Å². The third kappa shape index (κ3) is 54.1. The van der Waals surface area contributed by atoms with Gasteiger partial charge in [-0.2, -0.15) is 0 Å². The number of unbranched alkanes of at least 4 members (excludes halogenated alkanes) is 4. The van der Waals surface area contributed by atoms with Gasteiger partial charge in [-0.15, -0.1) is 0 Å². The van der Waals surface area contributed by atoms with E-state index in [0.717, 1.165) is 0 Å². The zero-order chi connectivity index (χ0) is 5.54. The summed E-state index contributed by atoms with van der Waals surface area (Å²) in [5, 5.41) is 0. The van der Waals surface area contributed by atoms with Gasteiger partial charge >= 0.3 is 0 Å². The van der Waals surface area contributed by atoms with Crippen molar-refractivity contribution in [2.75, 3.05) is 0 Å². The molecule has 0 bridgehead atoms. The van der Waals surface area contributed by atoms with Crippen LogP contribution in [0.5, 0.6) is 0 Å². The maximum Gasteiger partial charge on any atom is 0 e. The third-order valence-electron chi connectivity index (χ3n) is 1.21. The average molecular weight is 1470 g/mol. The van der Waals surface area contributed by atoms with Crippen molar-refractivity contribution in [3.8, 4) is 0 Å². The van der Waals surface area contributed by atoms with Gasteiger partial charge in [0.25, 0.3) is 0 Å². The molecule has 0 radical (unpaired) electrons. The molecule has 0 amide bonds. The largest absolute Gasteiger partial charge is 0.0654 e. The molecule has 114 valence electrons. The van der Waals surface area contributed by atoms with E-state index in [1.165, 1.54) is 32.1 Å². The topological polar surface area (TPSA) is 0 Å². The Bertz CT molecular complexity index is 33.2. The van der Waals surface area contributed by atoms with Crippen molar-refractivity contribution < 1.29 is 147 Å². The van der Waals surface area contributed by atoms with Crippen molar-refractivity contribution in [1.82, 2.24) is 0 Å². The van der Waals surface area contributed by atoms with Crippen molar-refractivity contribution in [1.29, 1.82) is 0 Å². The summed E-state index contributed by atoms with van der Waals surface area (Å²) in [5.41, 5.74) is 0. The van der Waals surface area contributed by atoms with Crippen LogP contribution in [0, 0.1) is 0 Å². The van der Waals surface area contributed by atoms with Crippen LogP contribution >= 0.6 is 0 Å². The first-order chi connectivity index (χ1) is 3.41. The van der Waals surface area contributed by atoms with E-state index in [9.17, 15) is 0 Å². The van der Waals surface area contributed by atoms with E-state index in [1.807, 2.05) is 0 Å². The number of hydrogen-bond donors (Lipinski definition) is 0. The Morgan fingerprint density at radius 3 is 0.786 bits per heavy atom. The molecule has 0 aliphatic carbocycles. The van der Waals surface area contributed by atoms with Gasteiger partial charge in [-0.05, 0) is 0 Å². The summed E-state index contributed by atoms with van der Waals surface area (Å²) in [6.07, 6.45) is 7.01. The first-order valence-corrected chi connectivity index (χ1v) is 3.41. The third-order valence-corrected chi connectivity index (χ3v) is 1.21. The summed E-state index contributed by atoms with van der Waals surface area (Å²) in [7, 11) is 0. The molecule has 0 N–H and O–H groups in total. The van der Waals surface area contributed by atoms with Crippen LogP contribution in [0.3, 0.4) is 0 Å². The van der Waals surface area contributed by atoms with Crippen LogP contribution in [0.2, 0.25) is 0 Å². The van der Waals surface area contributed by atoms with Crippen LogP contribution in [-0.4, -0.2) is 0 Å². The molecule has 0 spiro atoms. The van der Waals surface area contributed by atoms with Crippen molar-refractivity contribution in [2.45, 2.75) is 46.0 Å². The normalized spacial score (nSPS) is 4.71. The first-order valence-electron chi connectivity index (χ1n) is 3.41. The van der Waals surface area contributed by atoms with Crippen LogP contribution < -0.4 is 0 Å². The molecule has 0 aliphatic rings. The Morgan fingerprint density at radius 2 is 0.643 bits per heavy atom. The van der Waals surface area contributed by atoms with E-state index in [2.05, 4.69) is 13.8 Å². The quantitative estimate of drug-likeness (QED) is 0.381. The molecule has 0 aromatic carbocycles. The second kappa shape index (κ2) is 52.3. The molecular formula is C7H16Pt7. The molecule has 0 aliphatic heterocycles. The molecule has 0 aromatic heterocycles. The van der Waals surface area contributed by atoms with Gasteiger partial charge in [0.2, 0.25) is 0 Å². The van der Waals surface area contributed by atoms with Crippen molar-refractivity contribution >= 4 is 0 Å². The van der Waals surface area contributed by atoms with Gasteiger partial charge in [0.15, 0.2) is 0 Å². The minimum atomic E-state index is 0. The maximum absolute atomic E-state index is 2.25. The van der Waals surface area contributed by atoms with Gasteiger partial charge in [0, 0.05) is 147 Å². The molecule has 0 fully saturated rings. The number of rotatable bonds is 4. The molecule has 0 atom stereocenters. The van der Waals surface area contributed by atoms with Gasteiger partial charge in [-0.3, -0.25) is 0 Å². The van der Waals surface area contributed by atoms with E-state index >= 15 is 0 Å². The molecule has 0 unspecified atom stereocenters. The van der Waals surface area contributed by atoms with Gasteiger partial charge in [-0.1, -0.05) is 46.0 Å². The minimum Gasteiger partial charge on any atom is -0.0654 e. The second-order valence-electron chi connectivity index (χ2n) is 2.06. The van der Waals surface area contributed by atoms with Crippen LogP contribution in [-0.2, 0) is 147 Å². The van der Waals surface area contributed by atoms with Crippen molar-refractivity contribution in [3.63, 3.8) is 0 Å². The van der Waals surface area contributed by atoms with Gasteiger partial charge in [0.1, 0.15) is 0 Å². The van der Waals surface area contributed by atoms with E-state index in [1.54, 1.807) is 0 Å². The summed E-state index contributed by atoms with van der Waals surface area (Å²) in [4.78, 5) is 0. The Kier molecular flexibility index (Phi) is 191. The Morgan fingerprint density at radius 1 is 0.429 bits per heavy atom. The van der Waals surface area contributed by atoms with Gasteiger partial charge in [0.05, 0.1) is 0 Å². The molecular weight excluding hydrogens is 1450 g/mol. The zero-order valence-corrected chi connectivity index (χ0v) is 23.7. The molecule has 0 heterocycles. The maximum atomic E-state index is 2.25. The molecule has 0 rings (SSSR count). The number of hydrogen-bond acceptors (Lipinski definition) is 0. The average Bonchev–Trinajstić information content (AvgIpc) is 1.69. The van der Waals surface area contributed by atoms with Crippen molar-refractivity contribution in [2.24, 2.45) is 0 Å². The molecule has 7 heteroatoms. The van der Waals surface area contributed by atoms with E-state index in [4.69, 9.17) is 0 Å². The first kappa shape index (κ1) is 51.1. The molecule has 0 saturated heterocycles. The SMILES string of the molecule is CCCCCCC.[Pt].[Pt].[Pt].[Pt].[Pt].[Pt].[Pt]. The van der Waals surface area contributed by atoms with E-state index < -0.39 is 0 Å². The summed E-state index contributed by atoms with van der Waals surface area (Å²) in [6.45, 7) is 4.49. The monoisotopic (exact) mass is 1460 g/mol. The van der Waals surface area contributed by atoms with Crippen molar-refractivity contribution in [3.05, 3.63) is 0 Å². The van der Waals surface area contributed by atoms with Gasteiger partial charge in [-0.25, -0.2) is 0 Å². The second-order valence-corrected chi connectivity index (χ2v) is 2.06. The zero-order valence-electron chi connectivity index (χ0n) is 7.75. The molecule has 0 nitrogen and oxygen atoms in total. The fraction of sp³-hybridized carbons (Fsp3) is 1.00. The summed E-state index contributed by atoms with van der Waals surface area (Å²) < 4.78 is 0. The van der Waals surface area contributed by atoms with Crippen LogP contribution in [0.15, 0.2) is 0 Å². The minimum absolute atomic E-state index is 0. The smallest absolute Gasteiger partial charge is 0 e. The summed E-state index contributed by atoms with van der Waals surface area (Å²) in [6, 6.07) is 0. The standard InChI is InChI=1S/C7H16.7Pt/c1-3-5-7-6-4-2;;;;;;;/h3-7H2,1-2H3;;;;;;;.